The molecule has 0 fully saturated rings. The first-order chi connectivity index (χ1) is 5.58. The Kier molecular flexibility index (Phi) is 2.74. The molecule has 0 bridgehead atoms. The lowest BCUT2D eigenvalue weighted by Gasteiger charge is -2.14. The molecule has 0 aliphatic heterocycles. The molecule has 1 heterocycles. The van der Waals surface area contributed by atoms with Crippen LogP contribution in [0.1, 0.15) is 5.56 Å². The van der Waals surface area contributed by atoms with Crippen LogP contribution in [-0.4, -0.2) is 11.5 Å². The molecule has 12 heavy (non-hydrogen) atoms. The number of aromatic nitrogens is 1. The Morgan fingerprint density at radius 1 is 1.58 bits per heavy atom. The number of nitrogens with two attached hydrogens (primary N) is 1. The number of halogens is 3. The van der Waals surface area contributed by atoms with Crippen molar-refractivity contribution in [3.05, 3.63) is 28.5 Å². The number of nitrogens with zero attached hydrogens (tertiary/aromatic N) is 1. The molecule has 1 aromatic rings. The van der Waals surface area contributed by atoms with E-state index in [-0.39, 0.29) is 10.0 Å². The zero-order valence-corrected chi connectivity index (χ0v) is 7.68. The third kappa shape index (κ3) is 1.78. The molecular formula is C7H7BrF2N2. The summed E-state index contributed by atoms with van der Waals surface area (Å²) >= 11 is 2.97. The highest BCUT2D eigenvalue weighted by molar-refractivity contribution is 9.10. The predicted molar refractivity (Wildman–Crippen MR) is 44.9 cm³/mol. The van der Waals surface area contributed by atoms with Crippen LogP contribution in [0.25, 0.3) is 0 Å². The van der Waals surface area contributed by atoms with Crippen LogP contribution in [0.2, 0.25) is 0 Å². The second kappa shape index (κ2) is 3.45. The van der Waals surface area contributed by atoms with E-state index in [2.05, 4.69) is 20.9 Å². The SMILES string of the molecule is NCC(F)(F)c1ccncc1Br. The van der Waals surface area contributed by atoms with Crippen molar-refractivity contribution in [2.75, 3.05) is 6.54 Å². The standard InChI is InChI=1S/C7H7BrF2N2/c8-6-3-12-2-1-5(6)7(9,10)4-11/h1-3H,4,11H2. The van der Waals surface area contributed by atoms with E-state index < -0.39 is 12.5 Å². The Bertz CT molecular complexity index is 278. The van der Waals surface area contributed by atoms with Gasteiger partial charge in [-0.25, -0.2) is 0 Å². The van der Waals surface area contributed by atoms with Crippen LogP contribution in [0.15, 0.2) is 22.9 Å². The molecule has 0 saturated carbocycles. The van der Waals surface area contributed by atoms with Crippen molar-refractivity contribution in [3.8, 4) is 0 Å². The summed E-state index contributed by atoms with van der Waals surface area (Å²) in [4.78, 5) is 3.67. The molecule has 5 heteroatoms. The molecule has 1 aromatic heterocycles. The van der Waals surface area contributed by atoms with E-state index in [0.717, 1.165) is 0 Å². The lowest BCUT2D eigenvalue weighted by Crippen LogP contribution is -2.25. The average Bonchev–Trinajstić information content (AvgIpc) is 2.05. The van der Waals surface area contributed by atoms with Crippen molar-refractivity contribution in [2.45, 2.75) is 5.92 Å². The van der Waals surface area contributed by atoms with E-state index in [9.17, 15) is 8.78 Å². The minimum Gasteiger partial charge on any atom is -0.325 e. The Morgan fingerprint density at radius 2 is 2.25 bits per heavy atom. The Balaban J connectivity index is 3.10. The monoisotopic (exact) mass is 236 g/mol. The topological polar surface area (TPSA) is 38.9 Å². The van der Waals surface area contributed by atoms with E-state index in [1.165, 1.54) is 18.5 Å². The van der Waals surface area contributed by atoms with Gasteiger partial charge in [-0.15, -0.1) is 0 Å². The summed E-state index contributed by atoms with van der Waals surface area (Å²) in [5.74, 6) is -2.98. The fourth-order valence-corrected chi connectivity index (χ4v) is 1.32. The Labute approximate surface area is 76.9 Å². The Hall–Kier alpha value is -0.550. The number of rotatable bonds is 2. The largest absolute Gasteiger partial charge is 0.325 e. The minimum atomic E-state index is -2.98. The van der Waals surface area contributed by atoms with Gasteiger partial charge in [-0.05, 0) is 22.0 Å². The maximum Gasteiger partial charge on any atom is 0.286 e. The highest BCUT2D eigenvalue weighted by atomic mass is 79.9. The van der Waals surface area contributed by atoms with Crippen molar-refractivity contribution in [1.82, 2.24) is 4.98 Å². The summed E-state index contributed by atoms with van der Waals surface area (Å²) in [7, 11) is 0. The first-order valence-electron chi connectivity index (χ1n) is 3.26. The van der Waals surface area contributed by atoms with Crippen LogP contribution in [0.4, 0.5) is 8.78 Å². The van der Waals surface area contributed by atoms with Crippen molar-refractivity contribution in [1.29, 1.82) is 0 Å². The second-order valence-electron chi connectivity index (χ2n) is 2.26. The third-order valence-corrected chi connectivity index (χ3v) is 2.05. The number of alkyl halides is 2. The van der Waals surface area contributed by atoms with Crippen LogP contribution in [0, 0.1) is 0 Å². The molecule has 0 aliphatic carbocycles. The molecule has 0 unspecified atom stereocenters. The number of hydrogen-bond donors (Lipinski definition) is 1. The van der Waals surface area contributed by atoms with Crippen LogP contribution < -0.4 is 5.73 Å². The second-order valence-corrected chi connectivity index (χ2v) is 3.12. The highest BCUT2D eigenvalue weighted by Gasteiger charge is 2.31. The molecule has 2 N–H and O–H groups in total. The molecule has 0 aromatic carbocycles. The normalized spacial score (nSPS) is 11.7. The van der Waals surface area contributed by atoms with Gasteiger partial charge in [-0.1, -0.05) is 0 Å². The third-order valence-electron chi connectivity index (χ3n) is 1.42. The molecule has 0 atom stereocenters. The van der Waals surface area contributed by atoms with Gasteiger partial charge in [0.25, 0.3) is 5.92 Å². The Morgan fingerprint density at radius 3 is 2.75 bits per heavy atom. The van der Waals surface area contributed by atoms with Crippen molar-refractivity contribution < 1.29 is 8.78 Å². The van der Waals surface area contributed by atoms with Gasteiger partial charge in [-0.2, -0.15) is 8.78 Å². The molecule has 0 radical (unpaired) electrons. The molecule has 1 rings (SSSR count). The summed E-state index contributed by atoms with van der Waals surface area (Å²) in [6, 6.07) is 1.25. The molecule has 66 valence electrons. The van der Waals surface area contributed by atoms with Crippen LogP contribution in [0.3, 0.4) is 0 Å². The highest BCUT2D eigenvalue weighted by Crippen LogP contribution is 2.31. The molecule has 0 amide bonds. The number of pyridine rings is 1. The summed E-state index contributed by atoms with van der Waals surface area (Å²) in [6.45, 7) is -0.699. The van der Waals surface area contributed by atoms with Gasteiger partial charge in [0, 0.05) is 22.4 Å². The van der Waals surface area contributed by atoms with Gasteiger partial charge in [0.2, 0.25) is 0 Å². The summed E-state index contributed by atoms with van der Waals surface area (Å²) in [6.07, 6.45) is 2.63. The van der Waals surface area contributed by atoms with Crippen LogP contribution >= 0.6 is 15.9 Å². The first kappa shape index (κ1) is 9.54. The number of hydrogen-bond acceptors (Lipinski definition) is 2. The van der Waals surface area contributed by atoms with Gasteiger partial charge in [-0.3, -0.25) is 4.98 Å². The summed E-state index contributed by atoms with van der Waals surface area (Å²) in [5, 5.41) is 0. The van der Waals surface area contributed by atoms with Crippen LogP contribution in [-0.2, 0) is 5.92 Å². The van der Waals surface area contributed by atoms with Gasteiger partial charge in [0.05, 0.1) is 6.54 Å². The lowest BCUT2D eigenvalue weighted by molar-refractivity contribution is 0.00511. The van der Waals surface area contributed by atoms with E-state index in [1.807, 2.05) is 0 Å². The molecule has 0 aliphatic rings. The van der Waals surface area contributed by atoms with Crippen molar-refractivity contribution >= 4 is 15.9 Å². The zero-order chi connectivity index (χ0) is 9.19. The van der Waals surface area contributed by atoms with Gasteiger partial charge in [0.1, 0.15) is 0 Å². The van der Waals surface area contributed by atoms with Gasteiger partial charge in [0.15, 0.2) is 0 Å². The smallest absolute Gasteiger partial charge is 0.286 e. The molecule has 0 saturated heterocycles. The van der Waals surface area contributed by atoms with E-state index >= 15 is 0 Å². The van der Waals surface area contributed by atoms with E-state index in [4.69, 9.17) is 5.73 Å². The average molecular weight is 237 g/mol. The van der Waals surface area contributed by atoms with Crippen LogP contribution in [0.5, 0.6) is 0 Å². The van der Waals surface area contributed by atoms with Crippen molar-refractivity contribution in [3.63, 3.8) is 0 Å². The zero-order valence-electron chi connectivity index (χ0n) is 6.10. The fraction of sp³-hybridized carbons (Fsp3) is 0.286. The minimum absolute atomic E-state index is 0.125. The first-order valence-corrected chi connectivity index (χ1v) is 4.05. The molecule has 0 spiro atoms. The fourth-order valence-electron chi connectivity index (χ4n) is 0.782. The lowest BCUT2D eigenvalue weighted by atomic mass is 10.1. The predicted octanol–water partition coefficient (Wildman–Crippen LogP) is 1.89. The van der Waals surface area contributed by atoms with E-state index in [1.54, 1.807) is 0 Å². The van der Waals surface area contributed by atoms with E-state index in [0.29, 0.717) is 0 Å². The molecule has 2 nitrogen and oxygen atoms in total. The maximum absolute atomic E-state index is 13.0. The molecular weight excluding hydrogens is 230 g/mol. The summed E-state index contributed by atoms with van der Waals surface area (Å²) in [5.41, 5.74) is 4.79. The summed E-state index contributed by atoms with van der Waals surface area (Å²) < 4.78 is 26.2. The van der Waals surface area contributed by atoms with Gasteiger partial charge >= 0.3 is 0 Å². The van der Waals surface area contributed by atoms with Gasteiger partial charge < -0.3 is 5.73 Å². The quantitative estimate of drug-likeness (QED) is 0.852. The van der Waals surface area contributed by atoms with Crippen molar-refractivity contribution in [2.24, 2.45) is 5.73 Å². The maximum atomic E-state index is 13.0.